The van der Waals surface area contributed by atoms with E-state index in [2.05, 4.69) is 20.4 Å². The smallest absolute Gasteiger partial charge is 0.261 e. The normalized spacial score (nSPS) is 11.3. The Kier molecular flexibility index (Phi) is 5.43. The number of carbonyl (C=O) groups is 1. The van der Waals surface area contributed by atoms with Crippen LogP contribution in [0.25, 0.3) is 33.5 Å². The third-order valence-electron chi connectivity index (χ3n) is 5.24. The van der Waals surface area contributed by atoms with Gasteiger partial charge in [0.2, 0.25) is 0 Å². The molecule has 1 amide bonds. The van der Waals surface area contributed by atoms with Gasteiger partial charge in [0.05, 0.1) is 28.7 Å². The van der Waals surface area contributed by atoms with E-state index in [1.807, 2.05) is 55.6 Å². The molecule has 33 heavy (non-hydrogen) atoms. The van der Waals surface area contributed by atoms with Crippen molar-refractivity contribution in [2.45, 2.75) is 19.9 Å². The molecule has 0 saturated carbocycles. The van der Waals surface area contributed by atoms with Gasteiger partial charge in [0.25, 0.3) is 5.91 Å². The van der Waals surface area contributed by atoms with E-state index >= 15 is 0 Å². The fourth-order valence-corrected chi connectivity index (χ4v) is 4.36. The number of fused-ring (bicyclic) bond motifs is 1. The molecule has 8 heteroatoms. The van der Waals surface area contributed by atoms with Crippen molar-refractivity contribution in [3.05, 3.63) is 83.6 Å². The van der Waals surface area contributed by atoms with Gasteiger partial charge in [-0.2, -0.15) is 5.10 Å². The molecule has 5 aromatic rings. The Morgan fingerprint density at radius 2 is 1.79 bits per heavy atom. The zero-order valence-corrected chi connectivity index (χ0v) is 18.8. The summed E-state index contributed by atoms with van der Waals surface area (Å²) in [6.45, 7) is 3.87. The van der Waals surface area contributed by atoms with Crippen molar-refractivity contribution in [1.29, 1.82) is 0 Å². The lowest BCUT2D eigenvalue weighted by molar-refractivity contribution is 0.102. The van der Waals surface area contributed by atoms with Gasteiger partial charge in [-0.25, -0.2) is 14.4 Å². The van der Waals surface area contributed by atoms with Crippen LogP contribution in [0, 0.1) is 5.82 Å². The molecule has 0 atom stereocenters. The van der Waals surface area contributed by atoms with Crippen LogP contribution in [-0.2, 0) is 0 Å². The van der Waals surface area contributed by atoms with Gasteiger partial charge >= 0.3 is 0 Å². The summed E-state index contributed by atoms with van der Waals surface area (Å²) in [5.74, 6) is -0.805. The van der Waals surface area contributed by atoms with E-state index < -0.39 is 11.7 Å². The number of carbonyl (C=O) groups excluding carboxylic acids is 1. The van der Waals surface area contributed by atoms with Gasteiger partial charge in [0, 0.05) is 22.4 Å². The second kappa shape index (κ2) is 8.55. The van der Waals surface area contributed by atoms with Crippen LogP contribution >= 0.6 is 11.3 Å². The summed E-state index contributed by atoms with van der Waals surface area (Å²) in [5.41, 5.74) is 3.33. The minimum Gasteiger partial charge on any atom is -0.298 e. The number of thiazole rings is 1. The maximum Gasteiger partial charge on any atom is 0.261 e. The Bertz CT molecular complexity index is 1470. The molecular formula is C25H20FN5OS. The van der Waals surface area contributed by atoms with E-state index in [1.165, 1.54) is 23.6 Å². The Morgan fingerprint density at radius 1 is 1.00 bits per heavy atom. The average Bonchev–Trinajstić information content (AvgIpc) is 3.46. The minimum atomic E-state index is -0.409. The maximum atomic E-state index is 14.6. The molecule has 0 spiro atoms. The van der Waals surface area contributed by atoms with Crippen LogP contribution in [0.2, 0.25) is 0 Å². The molecule has 0 unspecified atom stereocenters. The third-order valence-corrected chi connectivity index (χ3v) is 6.00. The van der Waals surface area contributed by atoms with E-state index in [0.29, 0.717) is 22.1 Å². The molecule has 0 fully saturated rings. The molecule has 3 aromatic heterocycles. The second-order valence-corrected chi connectivity index (χ2v) is 8.66. The van der Waals surface area contributed by atoms with Gasteiger partial charge in [0.1, 0.15) is 11.5 Å². The summed E-state index contributed by atoms with van der Waals surface area (Å²) in [6, 6.07) is 18.1. The highest BCUT2D eigenvalue weighted by atomic mass is 32.1. The molecule has 0 bridgehead atoms. The largest absolute Gasteiger partial charge is 0.298 e. The highest BCUT2D eigenvalue weighted by Crippen LogP contribution is 2.30. The molecule has 0 aliphatic carbocycles. The Hall–Kier alpha value is -3.91. The SMILES string of the molecule is CC(C)n1ncc(C(=O)Nc2nc(-c3ccc4ccccc4n3)cs2)c1-c1ccccc1F. The number of benzene rings is 2. The van der Waals surface area contributed by atoms with Crippen LogP contribution in [0.4, 0.5) is 9.52 Å². The van der Waals surface area contributed by atoms with Gasteiger partial charge in [0.15, 0.2) is 5.13 Å². The first-order chi connectivity index (χ1) is 16.0. The molecule has 164 valence electrons. The van der Waals surface area contributed by atoms with Crippen molar-refractivity contribution in [2.24, 2.45) is 0 Å². The third kappa shape index (κ3) is 4.01. The van der Waals surface area contributed by atoms with Crippen LogP contribution in [0.3, 0.4) is 0 Å². The first kappa shape index (κ1) is 21.0. The van der Waals surface area contributed by atoms with Crippen molar-refractivity contribution < 1.29 is 9.18 Å². The molecular weight excluding hydrogens is 437 g/mol. The minimum absolute atomic E-state index is 0.0494. The summed E-state index contributed by atoms with van der Waals surface area (Å²) < 4.78 is 16.2. The highest BCUT2D eigenvalue weighted by Gasteiger charge is 2.23. The van der Waals surface area contributed by atoms with Crippen LogP contribution in [0.1, 0.15) is 30.2 Å². The number of aromatic nitrogens is 4. The Morgan fingerprint density at radius 3 is 2.61 bits per heavy atom. The highest BCUT2D eigenvalue weighted by molar-refractivity contribution is 7.14. The number of anilines is 1. The summed E-state index contributed by atoms with van der Waals surface area (Å²) >= 11 is 1.31. The first-order valence-corrected chi connectivity index (χ1v) is 11.3. The molecule has 2 aromatic carbocycles. The van der Waals surface area contributed by atoms with Crippen LogP contribution < -0.4 is 5.32 Å². The molecule has 5 rings (SSSR count). The standard InChI is InChI=1S/C25H20FN5OS/c1-15(2)31-23(17-8-4-5-9-19(17)26)18(13-27-31)24(32)30-25-29-22(14-33-25)21-12-11-16-7-3-6-10-20(16)28-21/h3-15H,1-2H3,(H,29,30,32). The lowest BCUT2D eigenvalue weighted by Gasteiger charge is -2.13. The summed E-state index contributed by atoms with van der Waals surface area (Å²) in [6.07, 6.45) is 1.47. The Labute approximate surface area is 193 Å². The molecule has 1 N–H and O–H groups in total. The molecule has 0 saturated heterocycles. The molecule has 0 radical (unpaired) electrons. The van der Waals surface area contributed by atoms with Crippen molar-refractivity contribution in [3.63, 3.8) is 0 Å². The van der Waals surface area contributed by atoms with Crippen molar-refractivity contribution in [3.8, 4) is 22.6 Å². The summed E-state index contributed by atoms with van der Waals surface area (Å²) in [5, 5.41) is 10.5. The zero-order chi connectivity index (χ0) is 22.9. The number of nitrogens with one attached hydrogen (secondary N) is 1. The number of hydrogen-bond donors (Lipinski definition) is 1. The topological polar surface area (TPSA) is 72.7 Å². The Balaban J connectivity index is 1.45. The van der Waals surface area contributed by atoms with Gasteiger partial charge in [-0.05, 0) is 38.1 Å². The lowest BCUT2D eigenvalue weighted by atomic mass is 10.1. The number of halogens is 1. The monoisotopic (exact) mass is 457 g/mol. The predicted molar refractivity (Wildman–Crippen MR) is 129 cm³/mol. The van der Waals surface area contributed by atoms with E-state index in [1.54, 1.807) is 22.9 Å². The maximum absolute atomic E-state index is 14.6. The van der Waals surface area contributed by atoms with Crippen LogP contribution in [0.15, 0.2) is 72.2 Å². The zero-order valence-electron chi connectivity index (χ0n) is 18.0. The van der Waals surface area contributed by atoms with Crippen molar-refractivity contribution in [2.75, 3.05) is 5.32 Å². The fraction of sp³-hybridized carbons (Fsp3) is 0.120. The van der Waals surface area contributed by atoms with Gasteiger partial charge < -0.3 is 0 Å². The van der Waals surface area contributed by atoms with Crippen molar-refractivity contribution >= 4 is 33.3 Å². The fourth-order valence-electron chi connectivity index (χ4n) is 3.66. The summed E-state index contributed by atoms with van der Waals surface area (Å²) in [7, 11) is 0. The van der Waals surface area contributed by atoms with E-state index in [9.17, 15) is 9.18 Å². The summed E-state index contributed by atoms with van der Waals surface area (Å²) in [4.78, 5) is 22.3. The van der Waals surface area contributed by atoms with Gasteiger partial charge in [-0.15, -0.1) is 11.3 Å². The quantitative estimate of drug-likeness (QED) is 0.341. The van der Waals surface area contributed by atoms with E-state index in [-0.39, 0.29) is 11.6 Å². The van der Waals surface area contributed by atoms with Crippen LogP contribution in [0.5, 0.6) is 0 Å². The van der Waals surface area contributed by atoms with E-state index in [4.69, 9.17) is 0 Å². The molecule has 3 heterocycles. The lowest BCUT2D eigenvalue weighted by Crippen LogP contribution is -2.14. The predicted octanol–water partition coefficient (Wildman–Crippen LogP) is 6.19. The number of pyridine rings is 1. The molecule has 0 aliphatic rings. The number of nitrogens with zero attached hydrogens (tertiary/aromatic N) is 4. The number of amides is 1. The first-order valence-electron chi connectivity index (χ1n) is 10.5. The van der Waals surface area contributed by atoms with Gasteiger partial charge in [-0.3, -0.25) is 14.8 Å². The number of hydrogen-bond acceptors (Lipinski definition) is 5. The van der Waals surface area contributed by atoms with Crippen LogP contribution in [-0.4, -0.2) is 25.7 Å². The van der Waals surface area contributed by atoms with Crippen molar-refractivity contribution in [1.82, 2.24) is 19.7 Å². The molecule has 6 nitrogen and oxygen atoms in total. The number of rotatable bonds is 5. The average molecular weight is 458 g/mol. The second-order valence-electron chi connectivity index (χ2n) is 7.81. The molecule has 0 aliphatic heterocycles. The number of para-hydroxylation sites is 1. The van der Waals surface area contributed by atoms with Gasteiger partial charge in [-0.1, -0.05) is 36.4 Å². The van der Waals surface area contributed by atoms with E-state index in [0.717, 1.165) is 16.6 Å².